The van der Waals surface area contributed by atoms with Gasteiger partial charge in [0.15, 0.2) is 0 Å². The second-order valence-electron chi connectivity index (χ2n) is 5.77. The van der Waals surface area contributed by atoms with Gasteiger partial charge in [0.2, 0.25) is 5.91 Å². The van der Waals surface area contributed by atoms with Gasteiger partial charge in [-0.15, -0.1) is 0 Å². The first-order valence-electron chi connectivity index (χ1n) is 7.56. The summed E-state index contributed by atoms with van der Waals surface area (Å²) in [6.45, 7) is 1.85. The third kappa shape index (κ3) is 4.73. The molecule has 0 bridgehead atoms. The lowest BCUT2D eigenvalue weighted by atomic mass is 10.0. The predicted octanol–water partition coefficient (Wildman–Crippen LogP) is 3.41. The Bertz CT molecular complexity index is 510. The van der Waals surface area contributed by atoms with Crippen LogP contribution in [-0.4, -0.2) is 18.5 Å². The van der Waals surface area contributed by atoms with Crippen molar-refractivity contribution < 1.29 is 18.0 Å². The summed E-state index contributed by atoms with van der Waals surface area (Å²) in [6, 6.07) is 5.10. The molecule has 0 radical (unpaired) electrons. The maximum atomic E-state index is 12.7. The molecular weight excluding hydrogens is 293 g/mol. The Morgan fingerprint density at radius 1 is 1.32 bits per heavy atom. The van der Waals surface area contributed by atoms with Crippen LogP contribution in [0.25, 0.3) is 0 Å². The second kappa shape index (κ2) is 7.13. The fraction of sp³-hybridized carbons (Fsp3) is 0.562. The van der Waals surface area contributed by atoms with Crippen molar-refractivity contribution in [3.05, 3.63) is 35.4 Å². The lowest BCUT2D eigenvalue weighted by Crippen LogP contribution is -2.39. The van der Waals surface area contributed by atoms with Crippen molar-refractivity contribution in [2.45, 2.75) is 50.9 Å². The minimum atomic E-state index is -4.35. The molecule has 1 aliphatic rings. The minimum Gasteiger partial charge on any atom is -0.352 e. The zero-order valence-corrected chi connectivity index (χ0v) is 12.5. The van der Waals surface area contributed by atoms with Gasteiger partial charge in [-0.2, -0.15) is 13.2 Å². The van der Waals surface area contributed by atoms with Gasteiger partial charge in [-0.25, -0.2) is 0 Å². The third-order valence-corrected chi connectivity index (χ3v) is 4.00. The van der Waals surface area contributed by atoms with Crippen LogP contribution < -0.4 is 10.6 Å². The summed E-state index contributed by atoms with van der Waals surface area (Å²) in [5.41, 5.74) is -0.155. The largest absolute Gasteiger partial charge is 0.416 e. The highest BCUT2D eigenvalue weighted by Gasteiger charge is 2.30. The van der Waals surface area contributed by atoms with Crippen molar-refractivity contribution in [3.8, 4) is 0 Å². The van der Waals surface area contributed by atoms with E-state index < -0.39 is 11.7 Å². The number of carbonyl (C=O) groups excluding carboxylic acids is 1. The molecule has 1 fully saturated rings. The minimum absolute atomic E-state index is 0.105. The number of hydrogen-bond donors (Lipinski definition) is 2. The fourth-order valence-corrected chi connectivity index (χ4v) is 2.70. The fourth-order valence-electron chi connectivity index (χ4n) is 2.70. The maximum absolute atomic E-state index is 12.7. The van der Waals surface area contributed by atoms with E-state index in [-0.39, 0.29) is 24.5 Å². The van der Waals surface area contributed by atoms with E-state index in [0.717, 1.165) is 37.8 Å². The Morgan fingerprint density at radius 3 is 2.64 bits per heavy atom. The Kier molecular flexibility index (Phi) is 5.45. The summed E-state index contributed by atoms with van der Waals surface area (Å²) in [7, 11) is 0. The maximum Gasteiger partial charge on any atom is 0.416 e. The molecule has 0 aromatic heterocycles. The van der Waals surface area contributed by atoms with Crippen molar-refractivity contribution in [2.75, 3.05) is 6.54 Å². The highest BCUT2D eigenvalue weighted by molar-refractivity contribution is 5.78. The topological polar surface area (TPSA) is 41.1 Å². The van der Waals surface area contributed by atoms with Gasteiger partial charge in [-0.3, -0.25) is 4.79 Å². The number of rotatable bonds is 5. The number of hydrogen-bond acceptors (Lipinski definition) is 2. The van der Waals surface area contributed by atoms with E-state index in [1.165, 1.54) is 6.07 Å². The number of amides is 1. The van der Waals surface area contributed by atoms with Crippen LogP contribution in [0, 0.1) is 0 Å². The lowest BCUT2D eigenvalue weighted by Gasteiger charge is -2.17. The molecule has 0 heterocycles. The van der Waals surface area contributed by atoms with E-state index in [4.69, 9.17) is 0 Å². The lowest BCUT2D eigenvalue weighted by molar-refractivity contribution is -0.137. The van der Waals surface area contributed by atoms with Crippen LogP contribution in [0.15, 0.2) is 24.3 Å². The number of benzene rings is 1. The molecule has 2 N–H and O–H groups in total. The average Bonchev–Trinajstić information content (AvgIpc) is 2.97. The molecule has 0 spiro atoms. The van der Waals surface area contributed by atoms with Crippen molar-refractivity contribution in [1.29, 1.82) is 0 Å². The molecule has 0 saturated heterocycles. The molecule has 0 aliphatic heterocycles. The van der Waals surface area contributed by atoms with Gasteiger partial charge >= 0.3 is 6.18 Å². The summed E-state index contributed by atoms with van der Waals surface area (Å²) in [5, 5.41) is 5.91. The van der Waals surface area contributed by atoms with Gasteiger partial charge in [0.05, 0.1) is 12.1 Å². The smallest absolute Gasteiger partial charge is 0.352 e. The van der Waals surface area contributed by atoms with Crippen LogP contribution in [0.5, 0.6) is 0 Å². The van der Waals surface area contributed by atoms with E-state index in [9.17, 15) is 18.0 Å². The van der Waals surface area contributed by atoms with Gasteiger partial charge in [-0.05, 0) is 37.5 Å². The number of nitrogens with one attached hydrogen (secondary N) is 2. The van der Waals surface area contributed by atoms with Crippen molar-refractivity contribution >= 4 is 5.91 Å². The Labute approximate surface area is 128 Å². The number of carbonyl (C=O) groups is 1. The molecule has 1 aliphatic carbocycles. The van der Waals surface area contributed by atoms with Crippen molar-refractivity contribution in [2.24, 2.45) is 0 Å². The Hall–Kier alpha value is -1.56. The zero-order valence-electron chi connectivity index (χ0n) is 12.5. The summed E-state index contributed by atoms with van der Waals surface area (Å²) in [4.78, 5) is 11.8. The molecule has 1 aromatic rings. The average molecular weight is 314 g/mol. The standard InChI is InChI=1S/C16H21F3N2O/c1-11(12-5-4-6-13(9-12)16(17,18)19)20-10-15(22)21-14-7-2-3-8-14/h4-6,9,11,14,20H,2-3,7-8,10H2,1H3,(H,21,22)/t11-/m1/s1. The summed E-state index contributed by atoms with van der Waals surface area (Å²) in [5.74, 6) is -0.106. The first-order valence-corrected chi connectivity index (χ1v) is 7.56. The van der Waals surface area contributed by atoms with E-state index in [0.29, 0.717) is 5.56 Å². The highest BCUT2D eigenvalue weighted by Crippen LogP contribution is 2.30. The van der Waals surface area contributed by atoms with Crippen LogP contribution in [0.1, 0.15) is 49.8 Å². The molecule has 6 heteroatoms. The molecular formula is C16H21F3N2O. The van der Waals surface area contributed by atoms with E-state index in [1.807, 2.05) is 0 Å². The Balaban J connectivity index is 1.86. The summed E-state index contributed by atoms with van der Waals surface area (Å²) >= 11 is 0. The van der Waals surface area contributed by atoms with Crippen LogP contribution in [-0.2, 0) is 11.0 Å². The van der Waals surface area contributed by atoms with Gasteiger partial charge in [-0.1, -0.05) is 25.0 Å². The first kappa shape index (κ1) is 16.8. The normalized spacial score (nSPS) is 17.5. The van der Waals surface area contributed by atoms with E-state index in [2.05, 4.69) is 10.6 Å². The zero-order chi connectivity index (χ0) is 16.2. The first-order chi connectivity index (χ1) is 10.4. The molecule has 2 rings (SSSR count). The monoisotopic (exact) mass is 314 g/mol. The molecule has 122 valence electrons. The molecule has 22 heavy (non-hydrogen) atoms. The van der Waals surface area contributed by atoms with Gasteiger partial charge in [0.1, 0.15) is 0 Å². The van der Waals surface area contributed by atoms with Gasteiger partial charge in [0, 0.05) is 12.1 Å². The molecule has 1 atom stereocenters. The van der Waals surface area contributed by atoms with E-state index >= 15 is 0 Å². The van der Waals surface area contributed by atoms with Crippen molar-refractivity contribution in [3.63, 3.8) is 0 Å². The quantitative estimate of drug-likeness (QED) is 0.874. The van der Waals surface area contributed by atoms with Crippen LogP contribution in [0.2, 0.25) is 0 Å². The van der Waals surface area contributed by atoms with Crippen molar-refractivity contribution in [1.82, 2.24) is 10.6 Å². The summed E-state index contributed by atoms with van der Waals surface area (Å²) in [6.07, 6.45) is -0.0581. The van der Waals surface area contributed by atoms with Crippen LogP contribution in [0.3, 0.4) is 0 Å². The van der Waals surface area contributed by atoms with Crippen LogP contribution in [0.4, 0.5) is 13.2 Å². The SMILES string of the molecule is C[C@@H](NCC(=O)NC1CCCC1)c1cccc(C(F)(F)F)c1. The number of alkyl halides is 3. The molecule has 1 aromatic carbocycles. The van der Waals surface area contributed by atoms with E-state index in [1.54, 1.807) is 13.0 Å². The molecule has 1 saturated carbocycles. The molecule has 0 unspecified atom stereocenters. The van der Waals surface area contributed by atoms with Gasteiger partial charge in [0.25, 0.3) is 0 Å². The Morgan fingerprint density at radius 2 is 2.00 bits per heavy atom. The highest BCUT2D eigenvalue weighted by atomic mass is 19.4. The molecule has 1 amide bonds. The number of halogens is 3. The van der Waals surface area contributed by atoms with Gasteiger partial charge < -0.3 is 10.6 Å². The summed E-state index contributed by atoms with van der Waals surface area (Å²) < 4.78 is 38.1. The third-order valence-electron chi connectivity index (χ3n) is 4.00. The molecule has 3 nitrogen and oxygen atoms in total. The second-order valence-corrected chi connectivity index (χ2v) is 5.77. The van der Waals surface area contributed by atoms with Crippen LogP contribution >= 0.6 is 0 Å². The predicted molar refractivity (Wildman–Crippen MR) is 78.3 cm³/mol.